The molecule has 7 heteroatoms. The Bertz CT molecular complexity index is 892. The molecule has 1 saturated carbocycles. The number of nitrogens with zero attached hydrogens (tertiary/aromatic N) is 4. The number of nitrogen functional groups attached to an aromatic ring is 1. The molecule has 7 nitrogen and oxygen atoms in total. The lowest BCUT2D eigenvalue weighted by atomic mass is 9.91. The molecule has 0 amide bonds. The molecule has 1 aliphatic heterocycles. The number of nitrogens with two attached hydrogens (primary N) is 1. The first-order valence-electron chi connectivity index (χ1n) is 12.9. The average molecular weight is 471 g/mol. The lowest BCUT2D eigenvalue weighted by molar-refractivity contribution is 0.261. The number of anilines is 1. The van der Waals surface area contributed by atoms with Gasteiger partial charge in [0.2, 0.25) is 0 Å². The zero-order valence-corrected chi connectivity index (χ0v) is 22.3. The number of hydrogen-bond acceptors (Lipinski definition) is 6. The summed E-state index contributed by atoms with van der Waals surface area (Å²) in [7, 11) is 0. The van der Waals surface area contributed by atoms with E-state index < -0.39 is 0 Å². The summed E-state index contributed by atoms with van der Waals surface area (Å²) in [6, 6.07) is 2.19. The second kappa shape index (κ2) is 16.0. The summed E-state index contributed by atoms with van der Waals surface area (Å²) in [4.78, 5) is 0. The molecular formula is C27H46N6O. The molecule has 0 bridgehead atoms. The summed E-state index contributed by atoms with van der Waals surface area (Å²) >= 11 is 0. The summed E-state index contributed by atoms with van der Waals surface area (Å²) < 4.78 is 2.02. The molecule has 190 valence electrons. The highest BCUT2D eigenvalue weighted by Crippen LogP contribution is 2.30. The quantitative estimate of drug-likeness (QED) is 0.337. The fourth-order valence-electron chi connectivity index (χ4n) is 3.47. The number of aliphatic hydroxyl groups excluding tert-OH is 1. The van der Waals surface area contributed by atoms with E-state index in [1.807, 2.05) is 64.7 Å². The van der Waals surface area contributed by atoms with Crippen LogP contribution in [0.4, 0.5) is 5.82 Å². The molecule has 0 aromatic carbocycles. The van der Waals surface area contributed by atoms with Gasteiger partial charge in [-0.3, -0.25) is 4.68 Å². The largest absolute Gasteiger partial charge is 0.508 e. The Kier molecular flexibility index (Phi) is 13.9. The molecule has 0 spiro atoms. The van der Waals surface area contributed by atoms with Crippen molar-refractivity contribution in [3.63, 3.8) is 0 Å². The van der Waals surface area contributed by atoms with E-state index in [9.17, 15) is 5.11 Å². The lowest BCUT2D eigenvalue weighted by Gasteiger charge is -2.28. The summed E-state index contributed by atoms with van der Waals surface area (Å²) in [5.74, 6) is 1.13. The predicted octanol–water partition coefficient (Wildman–Crippen LogP) is 6.57. The Labute approximate surface area is 206 Å². The second-order valence-electron chi connectivity index (χ2n) is 8.14. The van der Waals surface area contributed by atoms with Gasteiger partial charge >= 0.3 is 0 Å². The molecule has 1 saturated heterocycles. The molecule has 2 aromatic rings. The Hall–Kier alpha value is -2.67. The minimum absolute atomic E-state index is 0.165. The van der Waals surface area contributed by atoms with Gasteiger partial charge in [-0.15, -0.1) is 10.2 Å². The minimum atomic E-state index is 0.165. The minimum Gasteiger partial charge on any atom is -0.508 e. The maximum Gasteiger partial charge on any atom is 0.154 e. The molecule has 1 atom stereocenters. The third-order valence-corrected chi connectivity index (χ3v) is 5.66. The third kappa shape index (κ3) is 8.93. The van der Waals surface area contributed by atoms with Crippen molar-refractivity contribution in [1.29, 1.82) is 0 Å². The molecule has 1 unspecified atom stereocenters. The zero-order chi connectivity index (χ0) is 25.5. The lowest BCUT2D eigenvalue weighted by Crippen LogP contribution is -2.31. The molecule has 1 aliphatic carbocycles. The van der Waals surface area contributed by atoms with Crippen molar-refractivity contribution in [3.8, 4) is 11.1 Å². The highest BCUT2D eigenvalue weighted by molar-refractivity contribution is 5.76. The SMILES string of the molecule is C/C=C\C(O)=C(/C)c1cc(-c2cnn(C(C)C3CCNCC3)c2)c(N)nn1.C1CC1.CC.CC. The number of hydrogen-bond donors (Lipinski definition) is 3. The second-order valence-corrected chi connectivity index (χ2v) is 8.14. The van der Waals surface area contributed by atoms with Gasteiger partial charge in [-0.25, -0.2) is 0 Å². The van der Waals surface area contributed by atoms with Crippen molar-refractivity contribution < 1.29 is 5.11 Å². The molecular weight excluding hydrogens is 424 g/mol. The smallest absolute Gasteiger partial charge is 0.154 e. The Morgan fingerprint density at radius 1 is 1.15 bits per heavy atom. The van der Waals surface area contributed by atoms with Gasteiger partial charge in [-0.1, -0.05) is 53.0 Å². The van der Waals surface area contributed by atoms with E-state index in [0.29, 0.717) is 29.0 Å². The van der Waals surface area contributed by atoms with Crippen LogP contribution in [0.15, 0.2) is 36.4 Å². The van der Waals surface area contributed by atoms with E-state index in [4.69, 9.17) is 5.73 Å². The van der Waals surface area contributed by atoms with Gasteiger partial charge in [-0.2, -0.15) is 5.10 Å². The Balaban J connectivity index is 0.000000731. The molecule has 4 N–H and O–H groups in total. The summed E-state index contributed by atoms with van der Waals surface area (Å²) in [5.41, 5.74) is 8.99. The van der Waals surface area contributed by atoms with Crippen LogP contribution in [0, 0.1) is 5.92 Å². The average Bonchev–Trinajstić information content (AvgIpc) is 3.71. The molecule has 4 rings (SSSR count). The van der Waals surface area contributed by atoms with Crippen LogP contribution in [0.5, 0.6) is 0 Å². The molecule has 0 radical (unpaired) electrons. The zero-order valence-electron chi connectivity index (χ0n) is 22.3. The van der Waals surface area contributed by atoms with Crippen molar-refractivity contribution in [1.82, 2.24) is 25.3 Å². The van der Waals surface area contributed by atoms with Crippen molar-refractivity contribution in [3.05, 3.63) is 42.1 Å². The normalized spacial score (nSPS) is 16.7. The van der Waals surface area contributed by atoms with Crippen LogP contribution in [0.1, 0.15) is 92.3 Å². The van der Waals surface area contributed by atoms with Crippen LogP contribution < -0.4 is 11.1 Å². The number of piperidine rings is 1. The predicted molar refractivity (Wildman–Crippen MR) is 145 cm³/mol. The fraction of sp³-hybridized carbons (Fsp3) is 0.593. The summed E-state index contributed by atoms with van der Waals surface area (Å²) in [5, 5.41) is 26.3. The summed E-state index contributed by atoms with van der Waals surface area (Å²) in [6.07, 6.45) is 14.1. The van der Waals surface area contributed by atoms with Gasteiger partial charge in [-0.05, 0) is 64.8 Å². The van der Waals surface area contributed by atoms with Gasteiger partial charge < -0.3 is 16.2 Å². The van der Waals surface area contributed by atoms with E-state index in [-0.39, 0.29) is 5.76 Å². The highest BCUT2D eigenvalue weighted by Gasteiger charge is 2.22. The first-order valence-corrected chi connectivity index (χ1v) is 12.9. The van der Waals surface area contributed by atoms with Crippen molar-refractivity contribution >= 4 is 11.4 Å². The van der Waals surface area contributed by atoms with E-state index in [0.717, 1.165) is 37.1 Å². The molecule has 34 heavy (non-hydrogen) atoms. The van der Waals surface area contributed by atoms with Gasteiger partial charge in [0.05, 0.1) is 17.9 Å². The monoisotopic (exact) mass is 470 g/mol. The van der Waals surface area contributed by atoms with Crippen LogP contribution in [-0.2, 0) is 0 Å². The molecule has 2 fully saturated rings. The number of rotatable bonds is 5. The van der Waals surface area contributed by atoms with Gasteiger partial charge in [0.15, 0.2) is 5.82 Å². The first kappa shape index (κ1) is 29.4. The number of aromatic nitrogens is 4. The molecule has 3 heterocycles. The van der Waals surface area contributed by atoms with Crippen LogP contribution in [0.3, 0.4) is 0 Å². The van der Waals surface area contributed by atoms with Crippen molar-refractivity contribution in [2.24, 2.45) is 5.92 Å². The third-order valence-electron chi connectivity index (χ3n) is 5.66. The summed E-state index contributed by atoms with van der Waals surface area (Å²) in [6.45, 7) is 16.0. The van der Waals surface area contributed by atoms with E-state index >= 15 is 0 Å². The maximum atomic E-state index is 10.1. The van der Waals surface area contributed by atoms with E-state index in [1.165, 1.54) is 19.3 Å². The number of allylic oxidation sites excluding steroid dienone is 3. The number of aliphatic hydroxyl groups is 1. The van der Waals surface area contributed by atoms with Crippen LogP contribution in [0.2, 0.25) is 0 Å². The highest BCUT2D eigenvalue weighted by atomic mass is 16.3. The van der Waals surface area contributed by atoms with E-state index in [2.05, 4.69) is 27.5 Å². The Morgan fingerprint density at radius 3 is 2.32 bits per heavy atom. The van der Waals surface area contributed by atoms with Gasteiger partial charge in [0.1, 0.15) is 5.76 Å². The molecule has 2 aliphatic rings. The maximum absolute atomic E-state index is 10.1. The number of nitrogens with one attached hydrogen (secondary N) is 1. The van der Waals surface area contributed by atoms with Crippen molar-refractivity contribution in [2.45, 2.75) is 86.6 Å². The fourth-order valence-corrected chi connectivity index (χ4v) is 3.47. The van der Waals surface area contributed by atoms with Crippen molar-refractivity contribution in [2.75, 3.05) is 18.8 Å². The van der Waals surface area contributed by atoms with E-state index in [1.54, 1.807) is 12.2 Å². The first-order chi connectivity index (χ1) is 16.5. The van der Waals surface area contributed by atoms with Crippen LogP contribution >= 0.6 is 0 Å². The van der Waals surface area contributed by atoms with Crippen LogP contribution in [0.25, 0.3) is 16.7 Å². The van der Waals surface area contributed by atoms with Gasteiger partial charge in [0, 0.05) is 22.9 Å². The Morgan fingerprint density at radius 2 is 1.76 bits per heavy atom. The topological polar surface area (TPSA) is 102 Å². The standard InChI is InChI=1S/C20H28N6O.C3H6.2C2H6/c1-4-5-19(27)13(2)18-10-17(20(21)25-24-18)16-11-23-26(12-16)14(3)15-6-8-22-9-7-15;1-2-3-1;2*1-2/h4-5,10-12,14-15,22,27H,6-9H2,1-3H3,(H2,21,25);1-3H2;2*1-2H3/b5-4-,19-13-;;;. The van der Waals surface area contributed by atoms with Gasteiger partial charge in [0.25, 0.3) is 0 Å². The molecule has 2 aromatic heterocycles. The van der Waals surface area contributed by atoms with Crippen LogP contribution in [-0.4, -0.2) is 38.2 Å².